The van der Waals surface area contributed by atoms with E-state index in [4.69, 9.17) is 4.74 Å². The summed E-state index contributed by atoms with van der Waals surface area (Å²) in [5, 5.41) is 0. The van der Waals surface area contributed by atoms with Crippen LogP contribution in [0, 0.1) is 0 Å². The Labute approximate surface area is 152 Å². The second-order valence-corrected chi connectivity index (χ2v) is 6.20. The van der Waals surface area contributed by atoms with E-state index in [2.05, 4.69) is 9.97 Å². The first-order valence-electron chi connectivity index (χ1n) is 8.61. The number of carbonyl (C=O) groups excluding carboxylic acids is 2. The van der Waals surface area contributed by atoms with Crippen molar-refractivity contribution in [1.82, 2.24) is 19.8 Å². The molecule has 3 rings (SSSR count). The standard InChI is InChI=1S/C19H22N4O3/c1-22(7-4-15-2-5-20-6-3-15)18(24)16-12-17(14-21-13-16)19(25)23-8-10-26-11-9-23/h2-3,5-6,12-14H,4,7-11H2,1H3. The molecule has 0 bridgehead atoms. The molecule has 0 aliphatic carbocycles. The van der Waals surface area contributed by atoms with Gasteiger partial charge < -0.3 is 14.5 Å². The summed E-state index contributed by atoms with van der Waals surface area (Å²) in [6, 6.07) is 5.49. The number of likely N-dealkylation sites (N-methyl/N-ethyl adjacent to an activating group) is 1. The van der Waals surface area contributed by atoms with Crippen molar-refractivity contribution in [2.75, 3.05) is 39.9 Å². The molecule has 1 saturated heterocycles. The van der Waals surface area contributed by atoms with Gasteiger partial charge in [0.1, 0.15) is 0 Å². The van der Waals surface area contributed by atoms with Crippen molar-refractivity contribution in [2.45, 2.75) is 6.42 Å². The monoisotopic (exact) mass is 354 g/mol. The Bertz CT molecular complexity index is 760. The summed E-state index contributed by atoms with van der Waals surface area (Å²) in [4.78, 5) is 36.6. The lowest BCUT2D eigenvalue weighted by Gasteiger charge is -2.27. The Morgan fingerprint density at radius 1 is 1.12 bits per heavy atom. The largest absolute Gasteiger partial charge is 0.378 e. The highest BCUT2D eigenvalue weighted by Crippen LogP contribution is 2.11. The third-order valence-corrected chi connectivity index (χ3v) is 4.36. The number of amides is 2. The third kappa shape index (κ3) is 4.43. The zero-order valence-electron chi connectivity index (χ0n) is 14.8. The zero-order valence-corrected chi connectivity index (χ0v) is 14.8. The van der Waals surface area contributed by atoms with Crippen molar-refractivity contribution in [3.05, 3.63) is 59.7 Å². The van der Waals surface area contributed by atoms with E-state index in [-0.39, 0.29) is 11.8 Å². The van der Waals surface area contributed by atoms with E-state index in [1.807, 2.05) is 12.1 Å². The van der Waals surface area contributed by atoms with Crippen LogP contribution in [-0.4, -0.2) is 71.5 Å². The van der Waals surface area contributed by atoms with Crippen LogP contribution in [0.5, 0.6) is 0 Å². The second kappa shape index (κ2) is 8.53. The molecule has 3 heterocycles. The SMILES string of the molecule is CN(CCc1ccncc1)C(=O)c1cncc(C(=O)N2CCOCC2)c1. The molecular formula is C19H22N4O3. The number of morpholine rings is 1. The smallest absolute Gasteiger partial charge is 0.255 e. The molecular weight excluding hydrogens is 332 g/mol. The van der Waals surface area contributed by atoms with Crippen LogP contribution in [-0.2, 0) is 11.2 Å². The summed E-state index contributed by atoms with van der Waals surface area (Å²) >= 11 is 0. The lowest BCUT2D eigenvalue weighted by atomic mass is 10.1. The summed E-state index contributed by atoms with van der Waals surface area (Å²) in [6.07, 6.45) is 7.22. The van der Waals surface area contributed by atoms with Gasteiger partial charge in [-0.15, -0.1) is 0 Å². The van der Waals surface area contributed by atoms with E-state index < -0.39 is 0 Å². The van der Waals surface area contributed by atoms with Gasteiger partial charge in [0.15, 0.2) is 0 Å². The second-order valence-electron chi connectivity index (χ2n) is 6.20. The fraction of sp³-hybridized carbons (Fsp3) is 0.368. The first-order chi connectivity index (χ1) is 12.6. The fourth-order valence-electron chi connectivity index (χ4n) is 2.79. The van der Waals surface area contributed by atoms with E-state index >= 15 is 0 Å². The molecule has 26 heavy (non-hydrogen) atoms. The van der Waals surface area contributed by atoms with Crippen LogP contribution in [0.2, 0.25) is 0 Å². The van der Waals surface area contributed by atoms with Gasteiger partial charge in [-0.05, 0) is 30.2 Å². The van der Waals surface area contributed by atoms with Crippen LogP contribution >= 0.6 is 0 Å². The number of nitrogens with zero attached hydrogens (tertiary/aromatic N) is 4. The fourth-order valence-corrected chi connectivity index (χ4v) is 2.79. The predicted octanol–water partition coefficient (Wildman–Crippen LogP) is 1.26. The minimum Gasteiger partial charge on any atom is -0.378 e. The number of carbonyl (C=O) groups is 2. The molecule has 0 spiro atoms. The van der Waals surface area contributed by atoms with Crippen LogP contribution in [0.1, 0.15) is 26.3 Å². The van der Waals surface area contributed by atoms with Crippen molar-refractivity contribution >= 4 is 11.8 Å². The Morgan fingerprint density at radius 3 is 2.54 bits per heavy atom. The first-order valence-corrected chi connectivity index (χ1v) is 8.61. The molecule has 7 heteroatoms. The highest BCUT2D eigenvalue weighted by atomic mass is 16.5. The number of hydrogen-bond acceptors (Lipinski definition) is 5. The van der Waals surface area contributed by atoms with E-state index in [0.29, 0.717) is 44.0 Å². The van der Waals surface area contributed by atoms with Gasteiger partial charge in [-0.3, -0.25) is 19.6 Å². The van der Waals surface area contributed by atoms with E-state index in [1.165, 1.54) is 12.4 Å². The van der Waals surface area contributed by atoms with Gasteiger partial charge in [0.2, 0.25) is 0 Å². The van der Waals surface area contributed by atoms with Crippen LogP contribution < -0.4 is 0 Å². The summed E-state index contributed by atoms with van der Waals surface area (Å²) < 4.78 is 5.27. The highest BCUT2D eigenvalue weighted by molar-refractivity contribution is 5.99. The van der Waals surface area contributed by atoms with Crippen molar-refractivity contribution in [3.8, 4) is 0 Å². The molecule has 2 amide bonds. The van der Waals surface area contributed by atoms with Gasteiger partial charge in [0.05, 0.1) is 24.3 Å². The van der Waals surface area contributed by atoms with E-state index in [1.54, 1.807) is 35.3 Å². The van der Waals surface area contributed by atoms with Gasteiger partial charge in [-0.1, -0.05) is 0 Å². The maximum Gasteiger partial charge on any atom is 0.255 e. The molecule has 1 aliphatic rings. The number of pyridine rings is 2. The molecule has 0 N–H and O–H groups in total. The zero-order chi connectivity index (χ0) is 18.4. The summed E-state index contributed by atoms with van der Waals surface area (Å²) in [7, 11) is 1.75. The van der Waals surface area contributed by atoms with Crippen molar-refractivity contribution in [1.29, 1.82) is 0 Å². The minimum atomic E-state index is -0.150. The lowest BCUT2D eigenvalue weighted by molar-refractivity contribution is 0.0302. The van der Waals surface area contributed by atoms with Crippen LogP contribution in [0.15, 0.2) is 43.0 Å². The molecule has 0 aromatic carbocycles. The van der Waals surface area contributed by atoms with E-state index in [0.717, 1.165) is 12.0 Å². The van der Waals surface area contributed by atoms with Gasteiger partial charge in [0.25, 0.3) is 11.8 Å². The number of rotatable bonds is 5. The number of aromatic nitrogens is 2. The van der Waals surface area contributed by atoms with Crippen LogP contribution in [0.3, 0.4) is 0 Å². The van der Waals surface area contributed by atoms with Crippen LogP contribution in [0.25, 0.3) is 0 Å². The quantitative estimate of drug-likeness (QED) is 0.808. The third-order valence-electron chi connectivity index (χ3n) is 4.36. The van der Waals surface area contributed by atoms with Gasteiger partial charge in [0, 0.05) is 51.5 Å². The topological polar surface area (TPSA) is 75.6 Å². The van der Waals surface area contributed by atoms with E-state index in [9.17, 15) is 9.59 Å². The van der Waals surface area contributed by atoms with Gasteiger partial charge in [-0.2, -0.15) is 0 Å². The number of ether oxygens (including phenoxy) is 1. The Morgan fingerprint density at radius 2 is 1.81 bits per heavy atom. The number of hydrogen-bond donors (Lipinski definition) is 0. The molecule has 1 aliphatic heterocycles. The lowest BCUT2D eigenvalue weighted by Crippen LogP contribution is -2.40. The Kier molecular flexibility index (Phi) is 5.91. The average Bonchev–Trinajstić information content (AvgIpc) is 2.72. The minimum absolute atomic E-state index is 0.116. The van der Waals surface area contributed by atoms with Gasteiger partial charge >= 0.3 is 0 Å². The molecule has 2 aromatic heterocycles. The van der Waals surface area contributed by atoms with Gasteiger partial charge in [-0.25, -0.2) is 0 Å². The molecule has 2 aromatic rings. The molecule has 0 radical (unpaired) electrons. The molecule has 0 saturated carbocycles. The maximum atomic E-state index is 12.6. The first kappa shape index (κ1) is 18.0. The Hall–Kier alpha value is -2.80. The summed E-state index contributed by atoms with van der Waals surface area (Å²) in [5.41, 5.74) is 1.97. The molecule has 1 fully saturated rings. The van der Waals surface area contributed by atoms with Crippen LogP contribution in [0.4, 0.5) is 0 Å². The van der Waals surface area contributed by atoms with Crippen molar-refractivity contribution in [2.24, 2.45) is 0 Å². The average molecular weight is 354 g/mol. The van der Waals surface area contributed by atoms with Crippen molar-refractivity contribution in [3.63, 3.8) is 0 Å². The summed E-state index contributed by atoms with van der Waals surface area (Å²) in [5.74, 6) is -0.266. The normalized spacial score (nSPS) is 14.1. The molecule has 0 atom stereocenters. The molecule has 7 nitrogen and oxygen atoms in total. The maximum absolute atomic E-state index is 12.6. The Balaban J connectivity index is 1.64. The summed E-state index contributed by atoms with van der Waals surface area (Å²) in [6.45, 7) is 2.77. The predicted molar refractivity (Wildman–Crippen MR) is 95.9 cm³/mol. The molecule has 136 valence electrons. The van der Waals surface area contributed by atoms with Crippen molar-refractivity contribution < 1.29 is 14.3 Å². The highest BCUT2D eigenvalue weighted by Gasteiger charge is 2.20. The molecule has 0 unspecified atom stereocenters.